The van der Waals surface area contributed by atoms with Gasteiger partial charge < -0.3 is 0 Å². The number of benzene rings is 1. The maximum Gasteiger partial charge on any atom is 0.112 e. The monoisotopic (exact) mass is 259 g/mol. The largest absolute Gasteiger partial charge is 0.258 e. The molecule has 3 nitrogen and oxygen atoms in total. The number of hydrogen-bond donors (Lipinski definition) is 1. The molecule has 1 heterocycles. The fourth-order valence-corrected chi connectivity index (χ4v) is 0.788. The first-order valence-electron chi connectivity index (χ1n) is 2.72. The summed E-state index contributed by atoms with van der Waals surface area (Å²) in [6.07, 6.45) is 0. The molecule has 48 valence electrons. The molecule has 0 aliphatic heterocycles. The third kappa shape index (κ3) is 1.43. The normalized spacial score (nSPS) is 9.20. The number of fused-ring (bicyclic) bond motifs is 1. The summed E-state index contributed by atoms with van der Waals surface area (Å²) in [4.78, 5) is 0. The molecule has 0 aliphatic carbocycles. The van der Waals surface area contributed by atoms with E-state index < -0.39 is 0 Å². The van der Waals surface area contributed by atoms with E-state index in [1.807, 2.05) is 24.3 Å². The number of aromatic amines is 1. The number of nitrogens with one attached hydrogen (secondary N) is 1. The van der Waals surface area contributed by atoms with E-state index in [4.69, 9.17) is 0 Å². The van der Waals surface area contributed by atoms with Crippen LogP contribution in [0.2, 0.25) is 0 Å². The van der Waals surface area contributed by atoms with Crippen molar-refractivity contribution in [2.75, 3.05) is 0 Å². The molecule has 0 unspecified atom stereocenters. The Kier molecular flexibility index (Phi) is 2.94. The third-order valence-electron chi connectivity index (χ3n) is 1.23. The average Bonchev–Trinajstić information content (AvgIpc) is 2.33. The van der Waals surface area contributed by atoms with Crippen LogP contribution >= 0.6 is 0 Å². The summed E-state index contributed by atoms with van der Waals surface area (Å²) in [5.74, 6) is 0. The smallest absolute Gasteiger partial charge is 0.112 e. The standard InChI is InChI=1S/C6H5N3.Ba.2H/c1-2-4-6-5(3-1)7-9-8-6;;;/h1-4H,(H,7,8,9);;;. The molecule has 2 aromatic rings. The van der Waals surface area contributed by atoms with Gasteiger partial charge in [0.2, 0.25) is 0 Å². The first-order valence-corrected chi connectivity index (χ1v) is 2.72. The van der Waals surface area contributed by atoms with Crippen LogP contribution in [0, 0.1) is 0 Å². The van der Waals surface area contributed by atoms with E-state index in [1.54, 1.807) is 0 Å². The number of hydrogen-bond acceptors (Lipinski definition) is 2. The SMILES string of the molecule is [BaH2].c1ccc2[nH]nnc2c1. The maximum absolute atomic E-state index is 3.81. The topological polar surface area (TPSA) is 41.6 Å². The Morgan fingerprint density at radius 3 is 2.80 bits per heavy atom. The molecule has 0 atom stereocenters. The van der Waals surface area contributed by atoms with Crippen molar-refractivity contribution in [3.8, 4) is 0 Å². The van der Waals surface area contributed by atoms with Crippen LogP contribution in [-0.4, -0.2) is 64.3 Å². The van der Waals surface area contributed by atoms with Crippen LogP contribution in [0.4, 0.5) is 0 Å². The van der Waals surface area contributed by atoms with E-state index in [0.29, 0.717) is 0 Å². The zero-order valence-electron chi connectivity index (χ0n) is 4.70. The number of para-hydroxylation sites is 1. The van der Waals surface area contributed by atoms with Crippen molar-refractivity contribution in [1.29, 1.82) is 0 Å². The predicted molar refractivity (Wildman–Crippen MR) is 42.4 cm³/mol. The summed E-state index contributed by atoms with van der Waals surface area (Å²) < 4.78 is 0. The van der Waals surface area contributed by atoms with E-state index >= 15 is 0 Å². The molecule has 2 rings (SSSR count). The zero-order valence-corrected chi connectivity index (χ0v) is 4.70. The van der Waals surface area contributed by atoms with Crippen molar-refractivity contribution >= 4 is 59.9 Å². The second-order valence-electron chi connectivity index (χ2n) is 1.83. The Hall–Kier alpha value is 0.191. The van der Waals surface area contributed by atoms with Crippen LogP contribution < -0.4 is 0 Å². The second kappa shape index (κ2) is 3.54. The van der Waals surface area contributed by atoms with Gasteiger partial charge in [-0.05, 0) is 12.1 Å². The first-order chi connectivity index (χ1) is 4.47. The third-order valence-corrected chi connectivity index (χ3v) is 1.23. The second-order valence-corrected chi connectivity index (χ2v) is 1.83. The molecule has 0 fully saturated rings. The molecule has 0 radical (unpaired) electrons. The molecule has 1 aromatic heterocycles. The van der Waals surface area contributed by atoms with Gasteiger partial charge >= 0.3 is 48.9 Å². The Morgan fingerprint density at radius 2 is 2.00 bits per heavy atom. The van der Waals surface area contributed by atoms with E-state index in [-0.39, 0.29) is 48.9 Å². The van der Waals surface area contributed by atoms with Gasteiger partial charge in [0.15, 0.2) is 0 Å². The van der Waals surface area contributed by atoms with Gasteiger partial charge in [-0.2, -0.15) is 0 Å². The minimum absolute atomic E-state index is 0. The predicted octanol–water partition coefficient (Wildman–Crippen LogP) is 0.0417. The number of aromatic nitrogens is 3. The van der Waals surface area contributed by atoms with Crippen LogP contribution in [0.1, 0.15) is 0 Å². The summed E-state index contributed by atoms with van der Waals surface area (Å²) in [6.45, 7) is 0. The summed E-state index contributed by atoms with van der Waals surface area (Å²) >= 11 is 0. The molecule has 0 saturated carbocycles. The molecular formula is C6H7BaN3. The van der Waals surface area contributed by atoms with Crippen LogP contribution in [-0.2, 0) is 0 Å². The van der Waals surface area contributed by atoms with Gasteiger partial charge in [-0.25, -0.2) is 0 Å². The maximum atomic E-state index is 3.81. The average molecular weight is 258 g/mol. The fraction of sp³-hybridized carbons (Fsp3) is 0. The Morgan fingerprint density at radius 1 is 1.20 bits per heavy atom. The fourth-order valence-electron chi connectivity index (χ4n) is 0.788. The van der Waals surface area contributed by atoms with E-state index in [1.165, 1.54) is 0 Å². The minimum atomic E-state index is 0. The van der Waals surface area contributed by atoms with Crippen molar-refractivity contribution in [3.63, 3.8) is 0 Å². The summed E-state index contributed by atoms with van der Waals surface area (Å²) in [6, 6.07) is 7.74. The number of H-pyrrole nitrogens is 1. The molecule has 1 N–H and O–H groups in total. The van der Waals surface area contributed by atoms with Crippen molar-refractivity contribution in [2.45, 2.75) is 0 Å². The van der Waals surface area contributed by atoms with E-state index in [9.17, 15) is 0 Å². The van der Waals surface area contributed by atoms with Gasteiger partial charge in [0.1, 0.15) is 5.52 Å². The summed E-state index contributed by atoms with van der Waals surface area (Å²) in [7, 11) is 0. The van der Waals surface area contributed by atoms with E-state index in [2.05, 4.69) is 15.4 Å². The van der Waals surface area contributed by atoms with Crippen LogP contribution in [0.25, 0.3) is 11.0 Å². The first kappa shape index (κ1) is 8.29. The zero-order chi connectivity index (χ0) is 6.10. The Labute approximate surface area is 98.3 Å². The molecule has 1 aromatic carbocycles. The molecule has 0 amide bonds. The van der Waals surface area contributed by atoms with Gasteiger partial charge in [0, 0.05) is 0 Å². The molecule has 0 spiro atoms. The minimum Gasteiger partial charge on any atom is -0.258 e. The van der Waals surface area contributed by atoms with Gasteiger partial charge in [-0.1, -0.05) is 17.3 Å². The number of nitrogens with zero attached hydrogens (tertiary/aromatic N) is 2. The quantitative estimate of drug-likeness (QED) is 0.678. The van der Waals surface area contributed by atoms with E-state index in [0.717, 1.165) is 11.0 Å². The molecule has 0 saturated heterocycles. The van der Waals surface area contributed by atoms with Crippen LogP contribution in [0.5, 0.6) is 0 Å². The van der Waals surface area contributed by atoms with Crippen molar-refractivity contribution in [2.24, 2.45) is 0 Å². The van der Waals surface area contributed by atoms with Crippen molar-refractivity contribution < 1.29 is 0 Å². The van der Waals surface area contributed by atoms with Gasteiger partial charge in [0.05, 0.1) is 5.52 Å². The van der Waals surface area contributed by atoms with Crippen molar-refractivity contribution in [1.82, 2.24) is 15.4 Å². The van der Waals surface area contributed by atoms with Crippen LogP contribution in [0.15, 0.2) is 24.3 Å². The Balaban J connectivity index is 0.000000500. The van der Waals surface area contributed by atoms with Gasteiger partial charge in [0.25, 0.3) is 0 Å². The van der Waals surface area contributed by atoms with Crippen LogP contribution in [0.3, 0.4) is 0 Å². The molecule has 0 aliphatic rings. The summed E-state index contributed by atoms with van der Waals surface area (Å²) in [5, 5.41) is 10.2. The molecule has 4 heteroatoms. The molecular weight excluding hydrogens is 251 g/mol. The summed E-state index contributed by atoms with van der Waals surface area (Å²) in [5.41, 5.74) is 1.90. The van der Waals surface area contributed by atoms with Gasteiger partial charge in [-0.3, -0.25) is 5.10 Å². The molecule has 10 heavy (non-hydrogen) atoms. The Bertz CT molecular complexity index is 287. The number of rotatable bonds is 0. The molecule has 0 bridgehead atoms. The van der Waals surface area contributed by atoms with Crippen molar-refractivity contribution in [3.05, 3.63) is 24.3 Å². The van der Waals surface area contributed by atoms with Gasteiger partial charge in [-0.15, -0.1) is 5.10 Å².